The minimum atomic E-state index is -0.397. The Hall–Kier alpha value is -1.55. The molecule has 20 heavy (non-hydrogen) atoms. The summed E-state index contributed by atoms with van der Waals surface area (Å²) in [5, 5.41) is 0. The molecule has 0 aromatic heterocycles. The van der Waals surface area contributed by atoms with Gasteiger partial charge in [-0.15, -0.1) is 0 Å². The molecule has 0 unspecified atom stereocenters. The topological polar surface area (TPSA) is 55.6 Å². The molecule has 2 rings (SSSR count). The molecule has 2 N–H and O–H groups in total. The molecule has 1 heterocycles. The average molecular weight is 276 g/mol. The number of carbonyl (C=O) groups is 1. The number of hydrogen-bond acceptors (Lipinski definition) is 3. The van der Waals surface area contributed by atoms with Gasteiger partial charge in [0, 0.05) is 18.7 Å². The summed E-state index contributed by atoms with van der Waals surface area (Å²) in [5.41, 5.74) is 8.40. The zero-order valence-electron chi connectivity index (χ0n) is 12.6. The third kappa shape index (κ3) is 3.12. The summed E-state index contributed by atoms with van der Waals surface area (Å²) in [5.74, 6) is 1.34. The molecule has 1 aliphatic rings. The number of methoxy groups -OCH3 is 1. The highest BCUT2D eigenvalue weighted by atomic mass is 16.5. The van der Waals surface area contributed by atoms with Crippen LogP contribution in [0.3, 0.4) is 0 Å². The lowest BCUT2D eigenvalue weighted by molar-refractivity contribution is -0.133. The largest absolute Gasteiger partial charge is 0.496 e. The van der Waals surface area contributed by atoms with Crippen molar-refractivity contribution >= 4 is 5.91 Å². The molecule has 1 aliphatic heterocycles. The standard InChI is InChI=1S/C16H24N2O2/c1-11(2)9-14(17)16(19)18-8-7-12-5-4-6-15(20-3)13(12)10-18/h4-6,11,14H,7-10,17H2,1-3H3/t14-/m0/s1. The Morgan fingerprint density at radius 1 is 1.45 bits per heavy atom. The van der Waals surface area contributed by atoms with Gasteiger partial charge < -0.3 is 15.4 Å². The fraction of sp³-hybridized carbons (Fsp3) is 0.562. The van der Waals surface area contributed by atoms with Crippen LogP contribution in [0.1, 0.15) is 31.4 Å². The van der Waals surface area contributed by atoms with Crippen LogP contribution in [0.25, 0.3) is 0 Å². The second-order valence-electron chi connectivity index (χ2n) is 5.84. The summed E-state index contributed by atoms with van der Waals surface area (Å²) in [4.78, 5) is 14.3. The maximum Gasteiger partial charge on any atom is 0.239 e. The number of rotatable bonds is 4. The fourth-order valence-electron chi connectivity index (χ4n) is 2.77. The van der Waals surface area contributed by atoms with E-state index in [2.05, 4.69) is 19.9 Å². The molecule has 0 radical (unpaired) electrons. The van der Waals surface area contributed by atoms with Crippen molar-refractivity contribution in [1.29, 1.82) is 0 Å². The third-order valence-corrected chi connectivity index (χ3v) is 3.80. The first-order valence-corrected chi connectivity index (χ1v) is 7.22. The van der Waals surface area contributed by atoms with Gasteiger partial charge in [0.2, 0.25) is 5.91 Å². The molecule has 0 saturated carbocycles. The van der Waals surface area contributed by atoms with Crippen molar-refractivity contribution in [3.8, 4) is 5.75 Å². The Morgan fingerprint density at radius 2 is 2.20 bits per heavy atom. The highest BCUT2D eigenvalue weighted by molar-refractivity contribution is 5.82. The van der Waals surface area contributed by atoms with E-state index in [-0.39, 0.29) is 5.91 Å². The monoisotopic (exact) mass is 276 g/mol. The molecule has 1 aromatic rings. The Kier molecular flexibility index (Phi) is 4.65. The number of benzene rings is 1. The number of fused-ring (bicyclic) bond motifs is 1. The van der Waals surface area contributed by atoms with Gasteiger partial charge in [-0.1, -0.05) is 26.0 Å². The molecule has 4 nitrogen and oxygen atoms in total. The molecule has 110 valence electrons. The first-order valence-electron chi connectivity index (χ1n) is 7.22. The number of ether oxygens (including phenoxy) is 1. The Balaban J connectivity index is 2.12. The van der Waals surface area contributed by atoms with E-state index in [0.29, 0.717) is 12.5 Å². The molecular formula is C16H24N2O2. The molecule has 1 amide bonds. The van der Waals surface area contributed by atoms with Gasteiger partial charge in [0.15, 0.2) is 0 Å². The molecule has 0 spiro atoms. The van der Waals surface area contributed by atoms with Crippen LogP contribution < -0.4 is 10.5 Å². The van der Waals surface area contributed by atoms with E-state index in [1.807, 2.05) is 17.0 Å². The van der Waals surface area contributed by atoms with Crippen LogP contribution >= 0.6 is 0 Å². The van der Waals surface area contributed by atoms with Crippen LogP contribution in [0.4, 0.5) is 0 Å². The highest BCUT2D eigenvalue weighted by Crippen LogP contribution is 2.28. The predicted octanol–water partition coefficient (Wildman–Crippen LogP) is 1.95. The molecule has 1 atom stereocenters. The minimum Gasteiger partial charge on any atom is -0.496 e. The van der Waals surface area contributed by atoms with Crippen molar-refractivity contribution in [3.05, 3.63) is 29.3 Å². The summed E-state index contributed by atoms with van der Waals surface area (Å²) >= 11 is 0. The maximum absolute atomic E-state index is 12.4. The number of amides is 1. The van der Waals surface area contributed by atoms with Crippen LogP contribution in [-0.4, -0.2) is 30.5 Å². The van der Waals surface area contributed by atoms with Gasteiger partial charge in [0.25, 0.3) is 0 Å². The zero-order valence-corrected chi connectivity index (χ0v) is 12.6. The Labute approximate surface area is 120 Å². The zero-order chi connectivity index (χ0) is 14.7. The van der Waals surface area contributed by atoms with Crippen LogP contribution in [0.5, 0.6) is 5.75 Å². The summed E-state index contributed by atoms with van der Waals surface area (Å²) in [6.45, 7) is 5.51. The van der Waals surface area contributed by atoms with Gasteiger partial charge in [-0.05, 0) is 30.4 Å². The fourth-order valence-corrected chi connectivity index (χ4v) is 2.77. The lowest BCUT2D eigenvalue weighted by atomic mass is 9.97. The summed E-state index contributed by atoms with van der Waals surface area (Å²) in [6.07, 6.45) is 1.60. The van der Waals surface area contributed by atoms with Crippen LogP contribution in [0.15, 0.2) is 18.2 Å². The normalized spacial score (nSPS) is 15.9. The van der Waals surface area contributed by atoms with E-state index in [1.54, 1.807) is 7.11 Å². The second kappa shape index (κ2) is 6.27. The maximum atomic E-state index is 12.4. The van der Waals surface area contributed by atoms with Crippen LogP contribution in [-0.2, 0) is 17.8 Å². The van der Waals surface area contributed by atoms with Crippen molar-refractivity contribution < 1.29 is 9.53 Å². The number of carbonyl (C=O) groups excluding carboxylic acids is 1. The van der Waals surface area contributed by atoms with E-state index in [9.17, 15) is 4.79 Å². The summed E-state index contributed by atoms with van der Waals surface area (Å²) < 4.78 is 5.40. The lowest BCUT2D eigenvalue weighted by Crippen LogP contribution is -2.46. The first kappa shape index (κ1) is 14.9. The summed E-state index contributed by atoms with van der Waals surface area (Å²) in [6, 6.07) is 5.65. The molecule has 0 saturated heterocycles. The quantitative estimate of drug-likeness (QED) is 0.914. The van der Waals surface area contributed by atoms with Gasteiger partial charge in [-0.3, -0.25) is 4.79 Å². The third-order valence-electron chi connectivity index (χ3n) is 3.80. The summed E-state index contributed by atoms with van der Waals surface area (Å²) in [7, 11) is 1.67. The van der Waals surface area contributed by atoms with Crippen molar-refractivity contribution in [2.75, 3.05) is 13.7 Å². The van der Waals surface area contributed by atoms with Gasteiger partial charge in [-0.25, -0.2) is 0 Å². The number of nitrogens with zero attached hydrogens (tertiary/aromatic N) is 1. The average Bonchev–Trinajstić information content (AvgIpc) is 2.44. The van der Waals surface area contributed by atoms with Gasteiger partial charge >= 0.3 is 0 Å². The molecular weight excluding hydrogens is 252 g/mol. The number of hydrogen-bond donors (Lipinski definition) is 1. The second-order valence-corrected chi connectivity index (χ2v) is 5.84. The lowest BCUT2D eigenvalue weighted by Gasteiger charge is -2.32. The van der Waals surface area contributed by atoms with E-state index in [1.165, 1.54) is 5.56 Å². The molecule has 0 bridgehead atoms. The molecule has 0 aliphatic carbocycles. The molecule has 1 aromatic carbocycles. The van der Waals surface area contributed by atoms with Gasteiger partial charge in [0.1, 0.15) is 5.75 Å². The molecule has 0 fully saturated rings. The minimum absolute atomic E-state index is 0.0512. The van der Waals surface area contributed by atoms with Crippen molar-refractivity contribution in [2.45, 2.75) is 39.3 Å². The van der Waals surface area contributed by atoms with E-state index < -0.39 is 6.04 Å². The first-order chi connectivity index (χ1) is 9.52. The smallest absolute Gasteiger partial charge is 0.239 e. The van der Waals surface area contributed by atoms with Gasteiger partial charge in [0.05, 0.1) is 13.2 Å². The Bertz CT molecular complexity index is 471. The van der Waals surface area contributed by atoms with Crippen molar-refractivity contribution in [1.82, 2.24) is 4.90 Å². The van der Waals surface area contributed by atoms with Crippen LogP contribution in [0.2, 0.25) is 0 Å². The highest BCUT2D eigenvalue weighted by Gasteiger charge is 2.26. The number of nitrogens with two attached hydrogens (primary N) is 1. The van der Waals surface area contributed by atoms with Crippen molar-refractivity contribution in [3.63, 3.8) is 0 Å². The SMILES string of the molecule is COc1cccc2c1CN(C(=O)[C@@H](N)CC(C)C)CC2. The predicted molar refractivity (Wildman–Crippen MR) is 79.5 cm³/mol. The van der Waals surface area contributed by atoms with Crippen molar-refractivity contribution in [2.24, 2.45) is 11.7 Å². The van der Waals surface area contributed by atoms with E-state index >= 15 is 0 Å². The Morgan fingerprint density at radius 3 is 2.85 bits per heavy atom. The van der Waals surface area contributed by atoms with E-state index in [4.69, 9.17) is 10.5 Å². The van der Waals surface area contributed by atoms with Gasteiger partial charge in [-0.2, -0.15) is 0 Å². The molecule has 4 heteroatoms. The van der Waals surface area contributed by atoms with Crippen LogP contribution in [0, 0.1) is 5.92 Å². The van der Waals surface area contributed by atoms with E-state index in [0.717, 1.165) is 30.7 Å².